The summed E-state index contributed by atoms with van der Waals surface area (Å²) in [6.07, 6.45) is 6.55. The minimum atomic E-state index is 0. The van der Waals surface area contributed by atoms with Crippen molar-refractivity contribution in [2.45, 2.75) is 132 Å². The van der Waals surface area contributed by atoms with Crippen molar-refractivity contribution in [3.8, 4) is 11.1 Å². The zero-order chi connectivity index (χ0) is 38.8. The third kappa shape index (κ3) is 16.1. The normalized spacial score (nSPS) is 14.1. The van der Waals surface area contributed by atoms with E-state index in [0.717, 1.165) is 6.42 Å². The number of rotatable bonds is 0. The first kappa shape index (κ1) is 50.7. The van der Waals surface area contributed by atoms with Gasteiger partial charge in [0.1, 0.15) is 0 Å². The molecule has 0 radical (unpaired) electrons. The summed E-state index contributed by atoms with van der Waals surface area (Å²) in [6.45, 7) is 33.3. The van der Waals surface area contributed by atoms with Gasteiger partial charge < -0.3 is 0 Å². The van der Waals surface area contributed by atoms with Crippen LogP contribution in [-0.2, 0) is 52.3 Å². The Morgan fingerprint density at radius 1 is 0.585 bits per heavy atom. The molecule has 0 aliphatic heterocycles. The van der Waals surface area contributed by atoms with Crippen LogP contribution >= 0.6 is 24.8 Å². The Morgan fingerprint density at radius 2 is 1.00 bits per heavy atom. The molecule has 0 saturated heterocycles. The Kier molecular flexibility index (Phi) is 20.8. The number of allylic oxidation sites excluding steroid dienone is 4. The number of hydrogen-bond acceptors (Lipinski definition) is 0. The Balaban J connectivity index is 0.000000718. The molecule has 0 nitrogen and oxygen atoms in total. The average molecular weight is 829 g/mol. The molecule has 0 fully saturated rings. The van der Waals surface area contributed by atoms with E-state index in [1.807, 2.05) is 24.3 Å². The van der Waals surface area contributed by atoms with Gasteiger partial charge in [-0.05, 0) is 28.2 Å². The second-order valence-corrected chi connectivity index (χ2v) is 17.8. The molecule has 1 atom stereocenters. The zero-order valence-corrected chi connectivity index (χ0v) is 39.5. The molecule has 6 rings (SSSR count). The summed E-state index contributed by atoms with van der Waals surface area (Å²) in [5, 5.41) is 0. The zero-order valence-electron chi connectivity index (χ0n) is 35.4. The summed E-state index contributed by atoms with van der Waals surface area (Å²) in [5.74, 6) is 0.551. The monoisotopic (exact) mass is 826 g/mol. The van der Waals surface area contributed by atoms with E-state index < -0.39 is 0 Å². The van der Waals surface area contributed by atoms with Crippen molar-refractivity contribution in [3.05, 3.63) is 154 Å². The Hall–Kier alpha value is -2.31. The van der Waals surface area contributed by atoms with Gasteiger partial charge in [0.05, 0.1) is 0 Å². The van der Waals surface area contributed by atoms with Gasteiger partial charge in [0.15, 0.2) is 0 Å². The predicted octanol–water partition coefficient (Wildman–Crippen LogP) is 14.4. The van der Waals surface area contributed by atoms with E-state index in [0.29, 0.717) is 5.92 Å². The van der Waals surface area contributed by atoms with Crippen molar-refractivity contribution in [3.63, 3.8) is 0 Å². The van der Waals surface area contributed by atoms with Crippen LogP contribution in [0.3, 0.4) is 0 Å². The van der Waals surface area contributed by atoms with Crippen molar-refractivity contribution < 1.29 is 24.2 Å². The summed E-state index contributed by atoms with van der Waals surface area (Å²) in [6, 6.07) is 37.4. The molecule has 0 saturated carbocycles. The summed E-state index contributed by atoms with van der Waals surface area (Å²) in [7, 11) is 0. The van der Waals surface area contributed by atoms with Crippen molar-refractivity contribution >= 4 is 29.0 Å². The number of hydrogen-bond donors (Lipinski definition) is 0. The maximum absolute atomic E-state index is 3.53. The Labute approximate surface area is 353 Å². The molecule has 1 unspecified atom stereocenters. The van der Waals surface area contributed by atoms with Crippen molar-refractivity contribution in [1.29, 1.82) is 0 Å². The molecule has 0 N–H and O–H groups in total. The molecule has 2 aliphatic carbocycles. The third-order valence-electron chi connectivity index (χ3n) is 9.23. The fourth-order valence-electron chi connectivity index (χ4n) is 5.76. The van der Waals surface area contributed by atoms with Crippen molar-refractivity contribution in [1.82, 2.24) is 0 Å². The van der Waals surface area contributed by atoms with E-state index in [-0.39, 0.29) is 46.5 Å². The Morgan fingerprint density at radius 3 is 1.32 bits per heavy atom. The Bertz CT molecular complexity index is 1610. The third-order valence-corrected chi connectivity index (χ3v) is 9.23. The van der Waals surface area contributed by atoms with Gasteiger partial charge in [-0.1, -0.05) is 138 Å². The van der Waals surface area contributed by atoms with Crippen LogP contribution in [0.5, 0.6) is 0 Å². The minimum absolute atomic E-state index is 0. The molecule has 0 amide bonds. The molecule has 53 heavy (non-hydrogen) atoms. The SMILES string of the molecule is CC(C)(C)c1c[c-]c2c(c1)-c1cc(C(C)(C)C)ccc1C2.CC(C)(C)c1cc[c-]cc1.CC(C)(C)c1cc[c-]cc1.CC1=[C-]C(C)C=C1C.Cl.Cl.[CH2]=[Zr]. The number of benzene rings is 4. The van der Waals surface area contributed by atoms with Crippen molar-refractivity contribution in [2.24, 2.45) is 5.92 Å². The quantitative estimate of drug-likeness (QED) is 0.136. The van der Waals surface area contributed by atoms with E-state index in [2.05, 4.69) is 193 Å². The molecular formula is C50H66Cl2Zr-4. The predicted molar refractivity (Wildman–Crippen MR) is 236 cm³/mol. The summed E-state index contributed by atoms with van der Waals surface area (Å²) in [4.78, 5) is 0. The van der Waals surface area contributed by atoms with Crippen LogP contribution in [0.25, 0.3) is 11.1 Å². The second kappa shape index (κ2) is 21.7. The molecule has 3 heteroatoms. The molecular weight excluding hydrogens is 763 g/mol. The van der Waals surface area contributed by atoms with Crippen LogP contribution in [-0.4, -0.2) is 4.21 Å². The molecule has 2 aliphatic rings. The number of fused-ring (bicyclic) bond motifs is 3. The van der Waals surface area contributed by atoms with Gasteiger partial charge in [0, 0.05) is 0 Å². The van der Waals surface area contributed by atoms with Crippen molar-refractivity contribution in [2.75, 3.05) is 0 Å². The van der Waals surface area contributed by atoms with Crippen LogP contribution in [0.4, 0.5) is 0 Å². The van der Waals surface area contributed by atoms with Crippen LogP contribution in [0.15, 0.2) is 96.1 Å². The fourth-order valence-corrected chi connectivity index (χ4v) is 5.76. The number of halogens is 2. The standard InChI is InChI=1S/C21H25.2C10H13.C8H11.CH2.2ClH.Zr/c1-20(2,3)16-9-7-14-11-15-8-10-17(21(4,5)6)13-19(15)18(14)12-16;2*1-10(2,3)9-7-5-4-6-8-9;1-6-4-7(2)8(3)5-6;;;;/h7,9-10,12-13H,11H2,1-6H3;2*5-8H,1-3H3;4,6H,1-3H3;1H2;2*1H;/q4*-1;;;;. The van der Waals surface area contributed by atoms with Gasteiger partial charge in [-0.3, -0.25) is 6.08 Å². The van der Waals surface area contributed by atoms with Crippen LogP contribution in [0.1, 0.15) is 137 Å². The van der Waals surface area contributed by atoms with Gasteiger partial charge >= 0.3 is 28.4 Å². The van der Waals surface area contributed by atoms with E-state index in [1.54, 1.807) is 0 Å². The molecule has 0 aromatic heterocycles. The van der Waals surface area contributed by atoms with Crippen LogP contribution in [0, 0.1) is 30.2 Å². The topological polar surface area (TPSA) is 0 Å². The second-order valence-electron chi connectivity index (χ2n) is 17.8. The summed E-state index contributed by atoms with van der Waals surface area (Å²) >= 11 is 1.30. The van der Waals surface area contributed by atoms with Gasteiger partial charge in [0.25, 0.3) is 0 Å². The van der Waals surface area contributed by atoms with Gasteiger partial charge in [0.2, 0.25) is 0 Å². The van der Waals surface area contributed by atoms with Crippen LogP contribution in [0.2, 0.25) is 0 Å². The fraction of sp³-hybridized carbons (Fsp3) is 0.420. The molecule has 0 heterocycles. The summed E-state index contributed by atoms with van der Waals surface area (Å²) in [5.41, 5.74) is 14.7. The van der Waals surface area contributed by atoms with E-state index >= 15 is 0 Å². The summed E-state index contributed by atoms with van der Waals surface area (Å²) < 4.78 is 3.34. The van der Waals surface area contributed by atoms with E-state index in [1.165, 1.54) is 79.9 Å². The van der Waals surface area contributed by atoms with E-state index in [9.17, 15) is 0 Å². The first-order chi connectivity index (χ1) is 23.6. The molecule has 4 aromatic rings. The van der Waals surface area contributed by atoms with Gasteiger partial charge in [-0.15, -0.1) is 37.3 Å². The average Bonchev–Trinajstić information content (AvgIpc) is 3.58. The van der Waals surface area contributed by atoms with Gasteiger partial charge in [-0.2, -0.15) is 107 Å². The molecule has 288 valence electrons. The van der Waals surface area contributed by atoms with E-state index in [4.69, 9.17) is 0 Å². The first-order valence-electron chi connectivity index (χ1n) is 18.3. The van der Waals surface area contributed by atoms with Crippen LogP contribution < -0.4 is 0 Å². The first-order valence-corrected chi connectivity index (χ1v) is 20.1. The van der Waals surface area contributed by atoms with Gasteiger partial charge in [-0.25, -0.2) is 11.1 Å². The maximum atomic E-state index is 3.53. The molecule has 4 aromatic carbocycles. The molecule has 0 bridgehead atoms. The molecule has 0 spiro atoms.